The Bertz CT molecular complexity index is 284. The lowest BCUT2D eigenvalue weighted by molar-refractivity contribution is 0.349. The average molecular weight is 312 g/mol. The molecule has 0 bridgehead atoms. The molecule has 0 saturated carbocycles. The summed E-state index contributed by atoms with van der Waals surface area (Å²) in [5.41, 5.74) is 0. The minimum atomic E-state index is 0.831. The monoisotopic (exact) mass is 310 g/mol. The van der Waals surface area contributed by atoms with Crippen LogP contribution in [0.25, 0.3) is 0 Å². The number of nitrogens with zero attached hydrogens (tertiary/aromatic N) is 1. The van der Waals surface area contributed by atoms with E-state index < -0.39 is 0 Å². The normalized spacial score (nSPS) is 11.3. The van der Waals surface area contributed by atoms with Gasteiger partial charge in [0.05, 0.1) is 0 Å². The van der Waals surface area contributed by atoms with Crippen LogP contribution in [-0.2, 0) is 6.54 Å². The van der Waals surface area contributed by atoms with Gasteiger partial charge in [-0.2, -0.15) is 0 Å². The van der Waals surface area contributed by atoms with Crippen molar-refractivity contribution < 1.29 is 0 Å². The van der Waals surface area contributed by atoms with Crippen LogP contribution in [0.15, 0.2) is 10.5 Å². The van der Waals surface area contributed by atoms with Gasteiger partial charge in [-0.25, -0.2) is 0 Å². The molecule has 0 amide bonds. The summed E-state index contributed by atoms with van der Waals surface area (Å²) in [6.07, 6.45) is 0. The Morgan fingerprint density at radius 2 is 2.33 bits per heavy atom. The molecule has 0 saturated heterocycles. The molecule has 5 heteroatoms. The first kappa shape index (κ1) is 13.5. The summed E-state index contributed by atoms with van der Waals surface area (Å²) in [5, 5.41) is 3.40. The molecule has 0 aliphatic rings. The molecular weight excluding hydrogens is 296 g/mol. The molecule has 0 unspecified atom stereocenters. The highest BCUT2D eigenvalue weighted by Crippen LogP contribution is 2.31. The van der Waals surface area contributed by atoms with Crippen molar-refractivity contribution in [3.63, 3.8) is 0 Å². The van der Waals surface area contributed by atoms with Gasteiger partial charge in [0.2, 0.25) is 0 Å². The fraction of sp³-hybridized carbons (Fsp3) is 0.600. The van der Waals surface area contributed by atoms with Gasteiger partial charge in [0.25, 0.3) is 0 Å². The van der Waals surface area contributed by atoms with Crippen LogP contribution < -0.4 is 5.32 Å². The standard InChI is InChI=1S/C10H16BrClN2S/c1-3-14(2)5-4-13-7-8-6-9(11)10(12)15-8/h6,13H,3-5,7H2,1-2H3. The SMILES string of the molecule is CCN(C)CCNCc1cc(Br)c(Cl)s1. The smallest absolute Gasteiger partial charge is 0.107 e. The minimum absolute atomic E-state index is 0.831. The predicted octanol–water partition coefficient (Wildman–Crippen LogP) is 3.21. The fourth-order valence-corrected chi connectivity index (χ4v) is 2.88. The van der Waals surface area contributed by atoms with Crippen LogP contribution in [0.4, 0.5) is 0 Å². The first-order valence-electron chi connectivity index (χ1n) is 4.96. The molecular formula is C10H16BrClN2S. The van der Waals surface area contributed by atoms with Gasteiger partial charge in [-0.05, 0) is 35.6 Å². The third-order valence-corrected chi connectivity index (χ3v) is 4.68. The number of hydrogen-bond donors (Lipinski definition) is 1. The van der Waals surface area contributed by atoms with E-state index in [1.807, 2.05) is 0 Å². The lowest BCUT2D eigenvalue weighted by Gasteiger charge is -2.13. The van der Waals surface area contributed by atoms with Crippen molar-refractivity contribution in [2.45, 2.75) is 13.5 Å². The van der Waals surface area contributed by atoms with Crippen molar-refractivity contribution in [1.29, 1.82) is 0 Å². The van der Waals surface area contributed by atoms with Crippen LogP contribution in [0.1, 0.15) is 11.8 Å². The average Bonchev–Trinajstić information content (AvgIpc) is 2.53. The Hall–Kier alpha value is 0.390. The Labute approximate surface area is 109 Å². The van der Waals surface area contributed by atoms with E-state index in [4.69, 9.17) is 11.6 Å². The van der Waals surface area contributed by atoms with Gasteiger partial charge >= 0.3 is 0 Å². The van der Waals surface area contributed by atoms with Gasteiger partial charge in [-0.15, -0.1) is 11.3 Å². The molecule has 0 aliphatic heterocycles. The van der Waals surface area contributed by atoms with E-state index in [0.29, 0.717) is 0 Å². The van der Waals surface area contributed by atoms with Gasteiger partial charge in [-0.3, -0.25) is 0 Å². The van der Waals surface area contributed by atoms with Gasteiger partial charge in [-0.1, -0.05) is 18.5 Å². The molecule has 86 valence electrons. The van der Waals surface area contributed by atoms with Crippen LogP contribution in [-0.4, -0.2) is 31.6 Å². The van der Waals surface area contributed by atoms with E-state index in [1.165, 1.54) is 4.88 Å². The zero-order chi connectivity index (χ0) is 11.3. The van der Waals surface area contributed by atoms with Crippen LogP contribution in [0.2, 0.25) is 4.34 Å². The quantitative estimate of drug-likeness (QED) is 0.812. The molecule has 0 radical (unpaired) electrons. The summed E-state index contributed by atoms with van der Waals surface area (Å²) in [4.78, 5) is 3.55. The van der Waals surface area contributed by atoms with E-state index in [1.54, 1.807) is 11.3 Å². The zero-order valence-electron chi connectivity index (χ0n) is 9.02. The molecule has 0 atom stereocenters. The lowest BCUT2D eigenvalue weighted by atomic mass is 10.4. The number of halogens is 2. The topological polar surface area (TPSA) is 15.3 Å². The molecule has 2 nitrogen and oxygen atoms in total. The number of likely N-dealkylation sites (N-methyl/N-ethyl adjacent to an activating group) is 1. The Balaban J connectivity index is 2.20. The molecule has 0 fully saturated rings. The molecule has 0 spiro atoms. The van der Waals surface area contributed by atoms with Crippen LogP contribution in [0, 0.1) is 0 Å². The summed E-state index contributed by atoms with van der Waals surface area (Å²) in [6.45, 7) is 6.25. The molecule has 1 aromatic heterocycles. The van der Waals surface area contributed by atoms with Crippen molar-refractivity contribution in [1.82, 2.24) is 10.2 Å². The van der Waals surface area contributed by atoms with Gasteiger partial charge in [0, 0.05) is 29.0 Å². The third-order valence-electron chi connectivity index (χ3n) is 2.21. The number of thiophene rings is 1. The Kier molecular flexibility index (Phi) is 6.16. The highest BCUT2D eigenvalue weighted by atomic mass is 79.9. The maximum absolute atomic E-state index is 5.95. The summed E-state index contributed by atoms with van der Waals surface area (Å²) < 4.78 is 1.83. The van der Waals surface area contributed by atoms with Crippen LogP contribution in [0.5, 0.6) is 0 Å². The third kappa shape index (κ3) is 4.83. The maximum Gasteiger partial charge on any atom is 0.107 e. The lowest BCUT2D eigenvalue weighted by Crippen LogP contribution is -2.28. The van der Waals surface area contributed by atoms with E-state index in [-0.39, 0.29) is 0 Å². The number of nitrogens with one attached hydrogen (secondary N) is 1. The fourth-order valence-electron chi connectivity index (χ4n) is 1.12. The van der Waals surface area contributed by atoms with Crippen molar-refractivity contribution in [3.05, 3.63) is 19.8 Å². The summed E-state index contributed by atoms with van der Waals surface area (Å²) in [5.74, 6) is 0. The second-order valence-electron chi connectivity index (χ2n) is 3.41. The molecule has 0 aliphatic carbocycles. The van der Waals surface area contributed by atoms with Crippen molar-refractivity contribution in [2.75, 3.05) is 26.7 Å². The minimum Gasteiger partial charge on any atom is -0.311 e. The summed E-state index contributed by atoms with van der Waals surface area (Å²) in [6, 6.07) is 2.07. The first-order valence-corrected chi connectivity index (χ1v) is 6.95. The molecule has 1 N–H and O–H groups in total. The highest BCUT2D eigenvalue weighted by molar-refractivity contribution is 9.10. The molecule has 1 aromatic rings. The summed E-state index contributed by atoms with van der Waals surface area (Å²) >= 11 is 11.0. The van der Waals surface area contributed by atoms with Crippen LogP contribution in [0.3, 0.4) is 0 Å². The van der Waals surface area contributed by atoms with E-state index in [0.717, 1.165) is 35.0 Å². The van der Waals surface area contributed by atoms with Crippen molar-refractivity contribution in [2.24, 2.45) is 0 Å². The molecule has 1 rings (SSSR count). The number of hydrogen-bond acceptors (Lipinski definition) is 3. The first-order chi connectivity index (χ1) is 7.13. The Morgan fingerprint density at radius 1 is 1.60 bits per heavy atom. The van der Waals surface area contributed by atoms with Gasteiger partial charge in [0.15, 0.2) is 0 Å². The van der Waals surface area contributed by atoms with Gasteiger partial charge < -0.3 is 10.2 Å². The second kappa shape index (κ2) is 6.86. The summed E-state index contributed by atoms with van der Waals surface area (Å²) in [7, 11) is 2.13. The van der Waals surface area contributed by atoms with Crippen LogP contribution >= 0.6 is 38.9 Å². The largest absolute Gasteiger partial charge is 0.311 e. The second-order valence-corrected chi connectivity index (χ2v) is 6.00. The van der Waals surface area contributed by atoms with Gasteiger partial charge in [0.1, 0.15) is 4.34 Å². The van der Waals surface area contributed by atoms with E-state index in [9.17, 15) is 0 Å². The van der Waals surface area contributed by atoms with E-state index >= 15 is 0 Å². The predicted molar refractivity (Wildman–Crippen MR) is 71.9 cm³/mol. The van der Waals surface area contributed by atoms with E-state index in [2.05, 4.69) is 46.2 Å². The molecule has 0 aromatic carbocycles. The Morgan fingerprint density at radius 3 is 2.87 bits per heavy atom. The maximum atomic E-state index is 5.95. The van der Waals surface area contributed by atoms with Crippen molar-refractivity contribution >= 4 is 38.9 Å². The molecule has 1 heterocycles. The molecule has 15 heavy (non-hydrogen) atoms. The highest BCUT2D eigenvalue weighted by Gasteiger charge is 2.03. The number of rotatable bonds is 6. The zero-order valence-corrected chi connectivity index (χ0v) is 12.2. The van der Waals surface area contributed by atoms with Crippen molar-refractivity contribution in [3.8, 4) is 0 Å².